The smallest absolute Gasteiger partial charge is 0.310 e. The standard InChI is InChI=1S/C6H11NO4/c1-3(8)6(7)4(9)2-5(10)11/h3,6,8H,2,7H2,1H3,(H,10,11). The van der Waals surface area contributed by atoms with Gasteiger partial charge in [-0.05, 0) is 6.92 Å². The number of carbonyl (C=O) groups is 2. The van der Waals surface area contributed by atoms with Crippen molar-refractivity contribution >= 4 is 11.8 Å². The molecule has 0 aliphatic heterocycles. The summed E-state index contributed by atoms with van der Waals surface area (Å²) in [6, 6.07) is -1.09. The molecule has 0 aliphatic carbocycles. The van der Waals surface area contributed by atoms with Crippen molar-refractivity contribution in [1.82, 2.24) is 0 Å². The Morgan fingerprint density at radius 3 is 2.27 bits per heavy atom. The molecule has 0 rings (SSSR count). The molecule has 0 amide bonds. The summed E-state index contributed by atoms with van der Waals surface area (Å²) >= 11 is 0. The van der Waals surface area contributed by atoms with Crippen LogP contribution < -0.4 is 5.73 Å². The van der Waals surface area contributed by atoms with Crippen molar-refractivity contribution in [2.75, 3.05) is 0 Å². The first kappa shape index (κ1) is 10.1. The highest BCUT2D eigenvalue weighted by Gasteiger charge is 2.20. The Balaban J connectivity index is 3.93. The molecule has 11 heavy (non-hydrogen) atoms. The van der Waals surface area contributed by atoms with Crippen LogP contribution >= 0.6 is 0 Å². The van der Waals surface area contributed by atoms with Crippen molar-refractivity contribution in [2.45, 2.75) is 25.5 Å². The molecular formula is C6H11NO4. The molecule has 64 valence electrons. The third-order valence-corrected chi connectivity index (χ3v) is 1.22. The second-order valence-electron chi connectivity index (χ2n) is 2.30. The molecule has 0 radical (unpaired) electrons. The zero-order valence-corrected chi connectivity index (χ0v) is 6.15. The van der Waals surface area contributed by atoms with E-state index in [4.69, 9.17) is 15.9 Å². The predicted molar refractivity (Wildman–Crippen MR) is 36.9 cm³/mol. The molecule has 0 aliphatic rings. The van der Waals surface area contributed by atoms with Gasteiger partial charge in [-0.3, -0.25) is 9.59 Å². The van der Waals surface area contributed by atoms with E-state index in [9.17, 15) is 9.59 Å². The highest BCUT2D eigenvalue weighted by atomic mass is 16.4. The van der Waals surface area contributed by atoms with Crippen molar-refractivity contribution in [3.8, 4) is 0 Å². The average Bonchev–Trinajstić information content (AvgIpc) is 1.84. The summed E-state index contributed by atoms with van der Waals surface area (Å²) in [6.45, 7) is 1.34. The Morgan fingerprint density at radius 1 is 1.55 bits per heavy atom. The van der Waals surface area contributed by atoms with Crippen molar-refractivity contribution in [3.63, 3.8) is 0 Å². The van der Waals surface area contributed by atoms with Crippen LogP contribution in [0, 0.1) is 0 Å². The van der Waals surface area contributed by atoms with Gasteiger partial charge in [0.15, 0.2) is 5.78 Å². The molecule has 0 saturated carbocycles. The molecule has 0 aromatic heterocycles. The number of hydrogen-bond donors (Lipinski definition) is 3. The molecular weight excluding hydrogens is 150 g/mol. The Labute approximate surface area is 63.8 Å². The van der Waals surface area contributed by atoms with E-state index < -0.39 is 30.3 Å². The second-order valence-corrected chi connectivity index (χ2v) is 2.30. The molecule has 0 heterocycles. The lowest BCUT2D eigenvalue weighted by molar-refractivity contribution is -0.141. The van der Waals surface area contributed by atoms with Gasteiger partial charge in [-0.25, -0.2) is 0 Å². The number of Topliss-reactive ketones (excluding diaryl/α,β-unsaturated/α-hetero) is 1. The molecule has 2 atom stereocenters. The van der Waals surface area contributed by atoms with Gasteiger partial charge in [-0.1, -0.05) is 0 Å². The van der Waals surface area contributed by atoms with Crippen LogP contribution in [0.2, 0.25) is 0 Å². The van der Waals surface area contributed by atoms with Crippen LogP contribution in [0.4, 0.5) is 0 Å². The summed E-state index contributed by atoms with van der Waals surface area (Å²) in [5.41, 5.74) is 5.15. The number of aliphatic hydroxyl groups is 1. The lowest BCUT2D eigenvalue weighted by atomic mass is 10.1. The van der Waals surface area contributed by atoms with Gasteiger partial charge in [0.05, 0.1) is 12.1 Å². The molecule has 0 aromatic carbocycles. The van der Waals surface area contributed by atoms with Gasteiger partial charge < -0.3 is 15.9 Å². The lowest BCUT2D eigenvalue weighted by Gasteiger charge is -2.11. The zero-order chi connectivity index (χ0) is 9.02. The molecule has 5 heteroatoms. The number of ketones is 1. The van der Waals surface area contributed by atoms with E-state index in [1.165, 1.54) is 6.92 Å². The van der Waals surface area contributed by atoms with Crippen molar-refractivity contribution < 1.29 is 19.8 Å². The summed E-state index contributed by atoms with van der Waals surface area (Å²) in [5, 5.41) is 16.9. The molecule has 0 fully saturated rings. The van der Waals surface area contributed by atoms with Crippen molar-refractivity contribution in [3.05, 3.63) is 0 Å². The van der Waals surface area contributed by atoms with Crippen LogP contribution in [-0.4, -0.2) is 34.1 Å². The van der Waals surface area contributed by atoms with E-state index in [-0.39, 0.29) is 0 Å². The summed E-state index contributed by atoms with van der Waals surface area (Å²) < 4.78 is 0. The quantitative estimate of drug-likeness (QED) is 0.447. The van der Waals surface area contributed by atoms with Crippen molar-refractivity contribution in [1.29, 1.82) is 0 Å². The minimum atomic E-state index is -1.23. The van der Waals surface area contributed by atoms with Crippen molar-refractivity contribution in [2.24, 2.45) is 5.73 Å². The molecule has 0 saturated heterocycles. The maximum absolute atomic E-state index is 10.7. The fourth-order valence-electron chi connectivity index (χ4n) is 0.536. The van der Waals surface area contributed by atoms with E-state index in [0.717, 1.165) is 0 Å². The van der Waals surface area contributed by atoms with E-state index in [1.54, 1.807) is 0 Å². The van der Waals surface area contributed by atoms with Crippen LogP contribution in [0.15, 0.2) is 0 Å². The number of carbonyl (C=O) groups excluding carboxylic acids is 1. The first-order valence-corrected chi connectivity index (χ1v) is 3.13. The molecule has 0 spiro atoms. The Morgan fingerprint density at radius 2 is 2.00 bits per heavy atom. The van der Waals surface area contributed by atoms with Crippen LogP contribution in [0.1, 0.15) is 13.3 Å². The summed E-state index contributed by atoms with van der Waals surface area (Å²) in [4.78, 5) is 20.7. The van der Waals surface area contributed by atoms with Gasteiger partial charge in [0, 0.05) is 0 Å². The normalized spacial score (nSPS) is 15.5. The van der Waals surface area contributed by atoms with E-state index >= 15 is 0 Å². The Bertz CT molecular complexity index is 166. The van der Waals surface area contributed by atoms with Gasteiger partial charge in [0.1, 0.15) is 6.42 Å². The van der Waals surface area contributed by atoms with Gasteiger partial charge >= 0.3 is 5.97 Å². The van der Waals surface area contributed by atoms with Crippen LogP contribution in [0.3, 0.4) is 0 Å². The first-order valence-electron chi connectivity index (χ1n) is 3.13. The number of rotatable bonds is 4. The van der Waals surface area contributed by atoms with Crippen LogP contribution in [0.5, 0.6) is 0 Å². The van der Waals surface area contributed by atoms with Gasteiger partial charge in [0.25, 0.3) is 0 Å². The summed E-state index contributed by atoms with van der Waals surface area (Å²) in [6.07, 6.45) is -1.63. The zero-order valence-electron chi connectivity index (χ0n) is 6.15. The number of carboxylic acids is 1. The van der Waals surface area contributed by atoms with Gasteiger partial charge in [0.2, 0.25) is 0 Å². The highest BCUT2D eigenvalue weighted by Crippen LogP contribution is 1.94. The topological polar surface area (TPSA) is 101 Å². The fourth-order valence-corrected chi connectivity index (χ4v) is 0.536. The SMILES string of the molecule is CC(O)C(N)C(=O)CC(=O)O. The first-order chi connectivity index (χ1) is 4.95. The number of aliphatic carboxylic acids is 1. The third kappa shape index (κ3) is 3.69. The maximum Gasteiger partial charge on any atom is 0.310 e. The highest BCUT2D eigenvalue weighted by molar-refractivity contribution is 5.97. The predicted octanol–water partition coefficient (Wildman–Crippen LogP) is -1.26. The minimum absolute atomic E-state index is 0.633. The van der Waals surface area contributed by atoms with Crippen LogP contribution in [-0.2, 0) is 9.59 Å². The molecule has 4 N–H and O–H groups in total. The number of carboxylic acid groups (broad SMARTS) is 1. The summed E-state index contributed by atoms with van der Waals surface area (Å²) in [7, 11) is 0. The largest absolute Gasteiger partial charge is 0.481 e. The monoisotopic (exact) mass is 161 g/mol. The van der Waals surface area contributed by atoms with Crippen LogP contribution in [0.25, 0.3) is 0 Å². The molecule has 0 bridgehead atoms. The lowest BCUT2D eigenvalue weighted by Crippen LogP contribution is -2.41. The van der Waals surface area contributed by atoms with E-state index in [2.05, 4.69) is 0 Å². The summed E-state index contributed by atoms with van der Waals surface area (Å²) in [5.74, 6) is -1.89. The number of hydrogen-bond acceptors (Lipinski definition) is 4. The minimum Gasteiger partial charge on any atom is -0.481 e. The Kier molecular flexibility index (Phi) is 3.70. The maximum atomic E-state index is 10.7. The second kappa shape index (κ2) is 4.05. The number of aliphatic hydroxyl groups excluding tert-OH is 1. The molecule has 0 aromatic rings. The number of nitrogens with two attached hydrogens (primary N) is 1. The van der Waals surface area contributed by atoms with Gasteiger partial charge in [-0.2, -0.15) is 0 Å². The molecule has 5 nitrogen and oxygen atoms in total. The average molecular weight is 161 g/mol. The fraction of sp³-hybridized carbons (Fsp3) is 0.667. The van der Waals surface area contributed by atoms with Gasteiger partial charge in [-0.15, -0.1) is 0 Å². The Hall–Kier alpha value is -0.940. The molecule has 2 unspecified atom stereocenters. The van der Waals surface area contributed by atoms with E-state index in [1.807, 2.05) is 0 Å². The third-order valence-electron chi connectivity index (χ3n) is 1.22. The van der Waals surface area contributed by atoms with E-state index in [0.29, 0.717) is 0 Å².